The van der Waals surface area contributed by atoms with E-state index >= 15 is 0 Å². The molecule has 0 spiro atoms. The fourth-order valence-electron chi connectivity index (χ4n) is 8.45. The predicted octanol–water partition coefficient (Wildman–Crippen LogP) is 8.15. The van der Waals surface area contributed by atoms with Gasteiger partial charge in [-0.05, 0) is 53.9 Å². The van der Waals surface area contributed by atoms with E-state index in [0.29, 0.717) is 66.8 Å². The van der Waals surface area contributed by atoms with Crippen LogP contribution >= 0.6 is 45.3 Å². The fraction of sp³-hybridized carbons (Fsp3) is 0.306. The lowest BCUT2D eigenvalue weighted by molar-refractivity contribution is -0.467. The largest absolute Gasteiger partial charge is 0.459 e. The van der Waals surface area contributed by atoms with E-state index in [1.165, 1.54) is 32.9 Å². The first kappa shape index (κ1) is 43.3. The Morgan fingerprint density at radius 2 is 1.18 bits per heavy atom. The number of thiophene rings is 2. The highest BCUT2D eigenvalue weighted by molar-refractivity contribution is 7.22. The van der Waals surface area contributed by atoms with Crippen LogP contribution in [-0.2, 0) is 40.8 Å². The predicted molar refractivity (Wildman–Crippen MR) is 254 cm³/mol. The summed E-state index contributed by atoms with van der Waals surface area (Å²) in [6, 6.07) is 15.7. The van der Waals surface area contributed by atoms with Gasteiger partial charge in [-0.25, -0.2) is 30.2 Å². The molecule has 4 amide bonds. The SMILES string of the molecule is CN1C(=O)C2=C(c3ncc(-c4ccc(C(C)(C)C)s4)s3)[NH2+]C(=O)C2=C1c1ncc(C(C)(C)C(C)(C)c2ccc(-c3ccc(C4=C5C(=O)NC(c6ccc(C(C)(C)C)o6)=C5C(=O)[NH2+]4)o3)s2)s1. The second-order valence-corrected chi connectivity index (χ2v) is 24.1. The molecule has 0 aliphatic carbocycles. The number of amides is 4. The Morgan fingerprint density at radius 1 is 0.554 bits per heavy atom. The number of carbonyl (C=O) groups excluding carboxylic acids is 4. The van der Waals surface area contributed by atoms with Gasteiger partial charge >= 0.3 is 11.8 Å². The summed E-state index contributed by atoms with van der Waals surface area (Å²) in [4.78, 5) is 72.0. The highest BCUT2D eigenvalue weighted by Crippen LogP contribution is 2.51. The molecule has 65 heavy (non-hydrogen) atoms. The van der Waals surface area contributed by atoms with Crippen molar-refractivity contribution in [2.24, 2.45) is 0 Å². The number of rotatable bonds is 9. The Bertz CT molecular complexity index is 3210. The summed E-state index contributed by atoms with van der Waals surface area (Å²) < 4.78 is 12.5. The second-order valence-electron chi connectivity index (χ2n) is 19.9. The Kier molecular flexibility index (Phi) is 9.78. The molecule has 10 rings (SSSR count). The summed E-state index contributed by atoms with van der Waals surface area (Å²) >= 11 is 6.33. The first-order chi connectivity index (χ1) is 30.5. The van der Waals surface area contributed by atoms with Crippen LogP contribution in [0.1, 0.15) is 111 Å². The van der Waals surface area contributed by atoms with E-state index < -0.39 is 10.8 Å². The number of likely N-dealkylation sites (N-methyl/N-ethyl adjacent to an activating group) is 1. The number of nitrogens with one attached hydrogen (secondary N) is 1. The van der Waals surface area contributed by atoms with Gasteiger partial charge in [0, 0.05) is 55.2 Å². The van der Waals surface area contributed by atoms with E-state index in [1.54, 1.807) is 52.1 Å². The van der Waals surface area contributed by atoms with Gasteiger partial charge < -0.3 is 19.1 Å². The number of furan rings is 2. The lowest BCUT2D eigenvalue weighted by Crippen LogP contribution is -2.83. The Hall–Kier alpha value is -5.62. The van der Waals surface area contributed by atoms with Crippen molar-refractivity contribution in [1.29, 1.82) is 0 Å². The Morgan fingerprint density at radius 3 is 1.89 bits per heavy atom. The minimum absolute atomic E-state index is 0.0359. The molecule has 10 heterocycles. The highest BCUT2D eigenvalue weighted by atomic mass is 32.1. The molecule has 4 aliphatic rings. The molecule has 6 aromatic heterocycles. The molecule has 5 N–H and O–H groups in total. The van der Waals surface area contributed by atoms with Crippen LogP contribution in [0.4, 0.5) is 0 Å². The number of hydrogen-bond acceptors (Lipinski definition) is 12. The summed E-state index contributed by atoms with van der Waals surface area (Å²) in [6.45, 7) is 21.5. The van der Waals surface area contributed by atoms with Crippen LogP contribution in [-0.4, -0.2) is 45.5 Å². The van der Waals surface area contributed by atoms with Crippen LogP contribution in [0, 0.1) is 0 Å². The fourth-order valence-corrected chi connectivity index (χ4v) is 13.0. The van der Waals surface area contributed by atoms with Crippen molar-refractivity contribution < 1.29 is 38.6 Å². The Balaban J connectivity index is 0.910. The maximum absolute atomic E-state index is 14.0. The molecule has 332 valence electrons. The summed E-state index contributed by atoms with van der Waals surface area (Å²) in [5.41, 5.74) is 2.15. The molecule has 0 unspecified atom stereocenters. The topological polar surface area (TPSA) is 169 Å². The van der Waals surface area contributed by atoms with Crippen LogP contribution in [0.5, 0.6) is 0 Å². The highest BCUT2D eigenvalue weighted by Gasteiger charge is 2.51. The molecular weight excluding hydrogens is 897 g/mol. The maximum atomic E-state index is 14.0. The average Bonchev–Trinajstić information content (AvgIpc) is 4.08. The van der Waals surface area contributed by atoms with Gasteiger partial charge in [0.1, 0.15) is 44.5 Å². The zero-order valence-corrected chi connectivity index (χ0v) is 41.1. The summed E-state index contributed by atoms with van der Waals surface area (Å²) in [7, 11) is 1.70. The van der Waals surface area contributed by atoms with Gasteiger partial charge in [-0.3, -0.25) is 9.59 Å². The molecule has 0 saturated heterocycles. The maximum Gasteiger partial charge on any atom is 0.351 e. The average molecular weight is 945 g/mol. The minimum atomic E-state index is -0.447. The van der Waals surface area contributed by atoms with Crippen LogP contribution in [0.15, 0.2) is 92.1 Å². The van der Waals surface area contributed by atoms with Gasteiger partial charge in [0.25, 0.3) is 11.8 Å². The van der Waals surface area contributed by atoms with Gasteiger partial charge in [-0.15, -0.1) is 45.3 Å². The number of quaternary nitrogens is 2. The third-order valence-corrected chi connectivity index (χ3v) is 18.5. The molecule has 6 aromatic rings. The van der Waals surface area contributed by atoms with E-state index in [4.69, 9.17) is 18.8 Å². The monoisotopic (exact) mass is 944 g/mol. The molecule has 12 nitrogen and oxygen atoms in total. The number of carbonyl (C=O) groups is 4. The molecule has 0 bridgehead atoms. The van der Waals surface area contributed by atoms with E-state index in [0.717, 1.165) is 30.1 Å². The lowest BCUT2D eigenvalue weighted by atomic mass is 9.66. The van der Waals surface area contributed by atoms with Crippen molar-refractivity contribution in [2.75, 3.05) is 7.05 Å². The van der Waals surface area contributed by atoms with Crippen molar-refractivity contribution in [3.8, 4) is 20.4 Å². The first-order valence-electron chi connectivity index (χ1n) is 21.2. The quantitative estimate of drug-likeness (QED) is 0.131. The zero-order chi connectivity index (χ0) is 46.3. The van der Waals surface area contributed by atoms with Gasteiger partial charge in [0.15, 0.2) is 27.9 Å². The van der Waals surface area contributed by atoms with Crippen LogP contribution in [0.3, 0.4) is 0 Å². The van der Waals surface area contributed by atoms with Crippen molar-refractivity contribution in [3.05, 3.63) is 125 Å². The third kappa shape index (κ3) is 6.78. The normalized spacial score (nSPS) is 17.3. The lowest BCUT2D eigenvalue weighted by Gasteiger charge is -2.40. The van der Waals surface area contributed by atoms with Crippen molar-refractivity contribution in [3.63, 3.8) is 0 Å². The molecule has 4 aliphatic heterocycles. The van der Waals surface area contributed by atoms with Gasteiger partial charge in [0.05, 0.1) is 15.5 Å². The molecular formula is C49H48N6O6S4+2. The summed E-state index contributed by atoms with van der Waals surface area (Å²) in [5.74, 6) is 1.11. The van der Waals surface area contributed by atoms with Crippen molar-refractivity contribution in [2.45, 2.75) is 90.9 Å². The van der Waals surface area contributed by atoms with Gasteiger partial charge in [0.2, 0.25) is 0 Å². The molecule has 0 fully saturated rings. The zero-order valence-electron chi connectivity index (χ0n) is 37.9. The molecule has 0 atom stereocenters. The number of aromatic nitrogens is 2. The van der Waals surface area contributed by atoms with Gasteiger partial charge in [-0.2, -0.15) is 0 Å². The molecule has 16 heteroatoms. The number of primary amides is 2. The van der Waals surface area contributed by atoms with E-state index in [9.17, 15) is 19.2 Å². The standard InChI is InChI=1S/C49H46N6O6S4/c1-46(2,3)28-17-14-24(61-28)37-33-32(40(56)53-37)36(52-41(33)57)23-13-12-22(60-23)25-15-19-30(62-25)48(7,8)49(9,10)31-21-51-44(65-31)39-35-34(45(59)55(39)11)38(54-42(35)58)43-50-20-27(64-43)26-16-18-29(63-26)47(4,5)6/h12-21H,1-11H3,(H,52,57)(H,53,56)(H,54,58)/p+2. The van der Waals surface area contributed by atoms with E-state index in [2.05, 4.69) is 72.0 Å². The van der Waals surface area contributed by atoms with Crippen LogP contribution in [0.2, 0.25) is 0 Å². The van der Waals surface area contributed by atoms with Gasteiger partial charge in [-0.1, -0.05) is 69.2 Å². The summed E-state index contributed by atoms with van der Waals surface area (Å²) in [6.07, 6.45) is 3.69. The van der Waals surface area contributed by atoms with E-state index in [1.807, 2.05) is 51.4 Å². The number of thiazole rings is 2. The number of nitrogens with two attached hydrogens (primary N) is 2. The summed E-state index contributed by atoms with van der Waals surface area (Å²) in [5, 5.41) is 7.13. The smallest absolute Gasteiger partial charge is 0.351 e. The van der Waals surface area contributed by atoms with Crippen LogP contribution < -0.4 is 16.0 Å². The van der Waals surface area contributed by atoms with E-state index in [-0.39, 0.29) is 40.0 Å². The molecule has 0 radical (unpaired) electrons. The van der Waals surface area contributed by atoms with Crippen LogP contribution in [0.25, 0.3) is 43.2 Å². The Labute approximate surface area is 391 Å². The first-order valence-corrected chi connectivity index (χ1v) is 24.5. The minimum Gasteiger partial charge on any atom is -0.459 e. The number of fused-ring (bicyclic) bond motifs is 2. The third-order valence-electron chi connectivity index (χ3n) is 13.0. The second kappa shape index (κ2) is 14.7. The molecule has 0 saturated carbocycles. The van der Waals surface area contributed by atoms with Crippen molar-refractivity contribution in [1.82, 2.24) is 20.2 Å². The number of nitrogens with zero attached hydrogens (tertiary/aromatic N) is 3. The van der Waals surface area contributed by atoms with Crippen molar-refractivity contribution >= 4 is 91.8 Å². The number of hydrogen-bond donors (Lipinski definition) is 3. The molecule has 0 aromatic carbocycles.